The number of hydrogen-bond acceptors (Lipinski definition) is 3. The van der Waals surface area contributed by atoms with E-state index in [2.05, 4.69) is 5.32 Å². The van der Waals surface area contributed by atoms with E-state index >= 15 is 0 Å². The van der Waals surface area contributed by atoms with Crippen molar-refractivity contribution in [1.82, 2.24) is 5.32 Å². The number of Topliss-reactive ketones (excluding diaryl/α,β-unsaturated/α-hetero) is 1. The molecule has 3 nitrogen and oxygen atoms in total. The van der Waals surface area contributed by atoms with E-state index in [4.69, 9.17) is 5.73 Å². The third-order valence-electron chi connectivity index (χ3n) is 1.26. The van der Waals surface area contributed by atoms with E-state index in [0.29, 0.717) is 12.8 Å². The van der Waals surface area contributed by atoms with Crippen LogP contribution in [0.4, 0.5) is 0 Å². The van der Waals surface area contributed by atoms with Gasteiger partial charge in [-0.15, -0.1) is 0 Å². The van der Waals surface area contributed by atoms with Gasteiger partial charge in [0.1, 0.15) is 5.78 Å². The zero-order chi connectivity index (χ0) is 5.98. The first kappa shape index (κ1) is 5.72. The van der Waals surface area contributed by atoms with Gasteiger partial charge in [-0.05, 0) is 0 Å². The molecule has 3 heteroatoms. The zero-order valence-corrected chi connectivity index (χ0v) is 4.68. The summed E-state index contributed by atoms with van der Waals surface area (Å²) >= 11 is 0. The quantitative estimate of drug-likeness (QED) is 0.434. The molecule has 1 rings (SSSR count). The molecule has 1 fully saturated rings. The number of piperidine rings is 1. The fourth-order valence-electron chi connectivity index (χ4n) is 0.816. The van der Waals surface area contributed by atoms with Crippen molar-refractivity contribution in [2.45, 2.75) is 19.0 Å². The van der Waals surface area contributed by atoms with Crippen molar-refractivity contribution in [3.63, 3.8) is 0 Å². The van der Waals surface area contributed by atoms with Gasteiger partial charge in [0.2, 0.25) is 0 Å². The van der Waals surface area contributed by atoms with Crippen molar-refractivity contribution in [2.24, 2.45) is 5.73 Å². The summed E-state index contributed by atoms with van der Waals surface area (Å²) in [4.78, 5) is 10.6. The SMILES string of the molecule is NC1CC(=O)CCN1. The summed E-state index contributed by atoms with van der Waals surface area (Å²) in [5.41, 5.74) is 5.39. The molecule has 1 unspecified atom stereocenters. The number of nitrogens with two attached hydrogens (primary N) is 1. The predicted molar refractivity (Wildman–Crippen MR) is 30.2 cm³/mol. The van der Waals surface area contributed by atoms with Crippen LogP contribution < -0.4 is 11.1 Å². The van der Waals surface area contributed by atoms with Gasteiger partial charge in [-0.25, -0.2) is 0 Å². The second-order valence-corrected chi connectivity index (χ2v) is 2.05. The smallest absolute Gasteiger partial charge is 0.137 e. The number of hydrogen-bond donors (Lipinski definition) is 2. The normalized spacial score (nSPS) is 30.6. The highest BCUT2D eigenvalue weighted by Crippen LogP contribution is 1.96. The van der Waals surface area contributed by atoms with Crippen molar-refractivity contribution in [3.8, 4) is 0 Å². The van der Waals surface area contributed by atoms with Gasteiger partial charge in [0.25, 0.3) is 0 Å². The monoisotopic (exact) mass is 114 g/mol. The molecular formula is C5H10N2O. The second-order valence-electron chi connectivity index (χ2n) is 2.05. The van der Waals surface area contributed by atoms with Gasteiger partial charge < -0.3 is 11.1 Å². The third kappa shape index (κ3) is 1.28. The highest BCUT2D eigenvalue weighted by Gasteiger charge is 2.13. The number of carbonyl (C=O) groups excluding carboxylic acids is 1. The Labute approximate surface area is 48.2 Å². The van der Waals surface area contributed by atoms with Crippen molar-refractivity contribution in [3.05, 3.63) is 0 Å². The average molecular weight is 114 g/mol. The predicted octanol–water partition coefficient (Wildman–Crippen LogP) is -0.776. The number of rotatable bonds is 0. The van der Waals surface area contributed by atoms with Crippen molar-refractivity contribution in [2.75, 3.05) is 6.54 Å². The van der Waals surface area contributed by atoms with Gasteiger partial charge >= 0.3 is 0 Å². The molecule has 0 aliphatic carbocycles. The van der Waals surface area contributed by atoms with Crippen LogP contribution in [0.25, 0.3) is 0 Å². The molecule has 0 aromatic heterocycles. The van der Waals surface area contributed by atoms with Crippen LogP contribution in [0.15, 0.2) is 0 Å². The van der Waals surface area contributed by atoms with Gasteiger partial charge in [-0.2, -0.15) is 0 Å². The van der Waals surface area contributed by atoms with Crippen LogP contribution in [0.5, 0.6) is 0 Å². The van der Waals surface area contributed by atoms with Gasteiger partial charge in [0.15, 0.2) is 0 Å². The highest BCUT2D eigenvalue weighted by molar-refractivity contribution is 5.79. The summed E-state index contributed by atoms with van der Waals surface area (Å²) < 4.78 is 0. The maximum absolute atomic E-state index is 10.6. The lowest BCUT2D eigenvalue weighted by atomic mass is 10.1. The zero-order valence-electron chi connectivity index (χ0n) is 4.68. The molecule has 1 atom stereocenters. The third-order valence-corrected chi connectivity index (χ3v) is 1.26. The lowest BCUT2D eigenvalue weighted by molar-refractivity contribution is -0.120. The minimum atomic E-state index is -0.0868. The van der Waals surface area contributed by atoms with E-state index in [-0.39, 0.29) is 11.9 Å². The maximum Gasteiger partial charge on any atom is 0.137 e. The summed E-state index contributed by atoms with van der Waals surface area (Å²) in [6.45, 7) is 0.750. The van der Waals surface area contributed by atoms with Crippen molar-refractivity contribution < 1.29 is 4.79 Å². The Morgan fingerprint density at radius 2 is 2.50 bits per heavy atom. The molecule has 1 heterocycles. The Balaban J connectivity index is 2.34. The first-order valence-electron chi connectivity index (χ1n) is 2.80. The van der Waals surface area contributed by atoms with Crippen LogP contribution in [0.2, 0.25) is 0 Å². The molecule has 0 radical (unpaired) electrons. The molecule has 1 aliphatic heterocycles. The van der Waals surface area contributed by atoms with Gasteiger partial charge in [0.05, 0.1) is 6.17 Å². The van der Waals surface area contributed by atoms with Crippen LogP contribution in [0.3, 0.4) is 0 Å². The van der Waals surface area contributed by atoms with E-state index in [1.54, 1.807) is 0 Å². The van der Waals surface area contributed by atoms with Crippen LogP contribution in [0, 0.1) is 0 Å². The molecule has 0 bridgehead atoms. The van der Waals surface area contributed by atoms with E-state index in [1.807, 2.05) is 0 Å². The molecule has 3 N–H and O–H groups in total. The minimum Gasteiger partial charge on any atom is -0.316 e. The summed E-state index contributed by atoms with van der Waals surface area (Å²) in [6.07, 6.45) is 1.06. The van der Waals surface area contributed by atoms with Crippen LogP contribution in [-0.4, -0.2) is 18.5 Å². The molecule has 46 valence electrons. The van der Waals surface area contributed by atoms with Gasteiger partial charge in [0, 0.05) is 19.4 Å². The molecule has 0 aromatic rings. The van der Waals surface area contributed by atoms with Gasteiger partial charge in [-0.1, -0.05) is 0 Å². The Kier molecular flexibility index (Phi) is 1.60. The highest BCUT2D eigenvalue weighted by atomic mass is 16.1. The number of nitrogens with one attached hydrogen (secondary N) is 1. The fraction of sp³-hybridized carbons (Fsp3) is 0.800. The Morgan fingerprint density at radius 3 is 2.88 bits per heavy atom. The largest absolute Gasteiger partial charge is 0.316 e. The molecule has 0 amide bonds. The first-order valence-corrected chi connectivity index (χ1v) is 2.80. The van der Waals surface area contributed by atoms with E-state index in [0.717, 1.165) is 6.54 Å². The van der Waals surface area contributed by atoms with E-state index in [9.17, 15) is 4.79 Å². The van der Waals surface area contributed by atoms with E-state index in [1.165, 1.54) is 0 Å². The summed E-state index contributed by atoms with van der Waals surface area (Å²) in [6, 6.07) is 0. The fourth-order valence-corrected chi connectivity index (χ4v) is 0.816. The molecule has 0 saturated carbocycles. The van der Waals surface area contributed by atoms with E-state index < -0.39 is 0 Å². The van der Waals surface area contributed by atoms with Crippen LogP contribution >= 0.6 is 0 Å². The summed E-state index contributed by atoms with van der Waals surface area (Å²) in [5.74, 6) is 0.274. The summed E-state index contributed by atoms with van der Waals surface area (Å²) in [5, 5.41) is 2.97. The molecule has 0 spiro atoms. The lowest BCUT2D eigenvalue weighted by Gasteiger charge is -2.17. The molecule has 8 heavy (non-hydrogen) atoms. The second kappa shape index (κ2) is 2.24. The van der Waals surface area contributed by atoms with Crippen LogP contribution in [-0.2, 0) is 4.79 Å². The Morgan fingerprint density at radius 1 is 1.75 bits per heavy atom. The van der Waals surface area contributed by atoms with Gasteiger partial charge in [-0.3, -0.25) is 4.79 Å². The Bertz CT molecular complexity index is 103. The molecule has 1 aliphatic rings. The first-order chi connectivity index (χ1) is 3.79. The topological polar surface area (TPSA) is 55.1 Å². The molecule has 1 saturated heterocycles. The molecular weight excluding hydrogens is 104 g/mol. The maximum atomic E-state index is 10.6. The van der Waals surface area contributed by atoms with Crippen LogP contribution in [0.1, 0.15) is 12.8 Å². The standard InChI is InChI=1S/C5H10N2O/c6-5-3-4(8)1-2-7-5/h5,7H,1-3,6H2. The number of ketones is 1. The lowest BCUT2D eigenvalue weighted by Crippen LogP contribution is -2.44. The average Bonchev–Trinajstić information content (AvgIpc) is 1.64. The summed E-state index contributed by atoms with van der Waals surface area (Å²) in [7, 11) is 0. The molecule has 0 aromatic carbocycles. The minimum absolute atomic E-state index is 0.0868. The van der Waals surface area contributed by atoms with Crippen molar-refractivity contribution >= 4 is 5.78 Å². The van der Waals surface area contributed by atoms with Crippen molar-refractivity contribution in [1.29, 1.82) is 0 Å². The Hall–Kier alpha value is -0.410. The number of carbonyl (C=O) groups is 1.